The number of nitrogens with zero attached hydrogens (tertiary/aromatic N) is 4. The van der Waals surface area contributed by atoms with Gasteiger partial charge in [0.2, 0.25) is 0 Å². The molecule has 0 radical (unpaired) electrons. The molecule has 2 aromatic heterocycles. The zero-order chi connectivity index (χ0) is 30.8. The molecule has 3 aromatic rings. The molecule has 4 atom stereocenters. The molecule has 0 saturated carbocycles. The van der Waals surface area contributed by atoms with E-state index in [0.29, 0.717) is 47.2 Å². The Labute approximate surface area is 241 Å². The molecule has 0 spiro atoms. The van der Waals surface area contributed by atoms with Crippen molar-refractivity contribution in [2.75, 3.05) is 4.90 Å². The fourth-order valence-electron chi connectivity index (χ4n) is 5.66. The number of ether oxygens (including phenoxy) is 1. The first-order valence-corrected chi connectivity index (χ1v) is 14.3. The van der Waals surface area contributed by atoms with Gasteiger partial charge in [0, 0.05) is 18.1 Å². The van der Waals surface area contributed by atoms with E-state index in [1.807, 2.05) is 13.8 Å². The van der Waals surface area contributed by atoms with Gasteiger partial charge in [-0.2, -0.15) is 13.2 Å². The minimum atomic E-state index is -4.51. The van der Waals surface area contributed by atoms with E-state index in [4.69, 9.17) is 9.72 Å². The van der Waals surface area contributed by atoms with Gasteiger partial charge in [0.1, 0.15) is 11.1 Å². The van der Waals surface area contributed by atoms with Crippen LogP contribution in [0.4, 0.5) is 19.0 Å². The predicted octanol–water partition coefficient (Wildman–Crippen LogP) is -0.252. The molecule has 0 amide bonds. The molecular formula is C25H35B3F3N4O5P. The van der Waals surface area contributed by atoms with E-state index in [1.165, 1.54) is 41.0 Å². The molecule has 4 rings (SSSR count). The summed E-state index contributed by atoms with van der Waals surface area (Å²) < 4.78 is 48.1. The lowest BCUT2D eigenvalue weighted by molar-refractivity contribution is -0.377. The average Bonchev–Trinajstić information content (AvgIpc) is 3.20. The smallest absolute Gasteiger partial charge is 0.375 e. The van der Waals surface area contributed by atoms with Gasteiger partial charge < -0.3 is 25.2 Å². The van der Waals surface area contributed by atoms with E-state index >= 15 is 0 Å². The summed E-state index contributed by atoms with van der Waals surface area (Å²) in [7, 11) is 6.41. The number of fused-ring (bicyclic) bond motifs is 1. The van der Waals surface area contributed by atoms with Crippen LogP contribution in [0.5, 0.6) is 0 Å². The molecule has 1 aromatic carbocycles. The first-order valence-electron chi connectivity index (χ1n) is 13.5. The Kier molecular flexibility index (Phi) is 8.17. The van der Waals surface area contributed by atoms with Crippen LogP contribution >= 0.6 is 9.24 Å². The van der Waals surface area contributed by atoms with Gasteiger partial charge in [-0.25, -0.2) is 9.50 Å². The third kappa shape index (κ3) is 5.08. The largest absolute Gasteiger partial charge is 0.416 e. The number of aromatic nitrogens is 3. The minimum Gasteiger partial charge on any atom is -0.375 e. The Hall–Kier alpha value is -2.15. The maximum absolute atomic E-state index is 13.6. The maximum Gasteiger partial charge on any atom is 0.416 e. The summed E-state index contributed by atoms with van der Waals surface area (Å²) in [6, 6.07) is 5.57. The average molecular weight is 592 g/mol. The van der Waals surface area contributed by atoms with Crippen molar-refractivity contribution >= 4 is 44.2 Å². The van der Waals surface area contributed by atoms with Gasteiger partial charge in [-0.05, 0) is 43.0 Å². The van der Waals surface area contributed by atoms with Crippen LogP contribution in [-0.2, 0) is 29.9 Å². The molecule has 0 bridgehead atoms. The van der Waals surface area contributed by atoms with E-state index in [9.17, 15) is 33.6 Å². The van der Waals surface area contributed by atoms with Gasteiger partial charge in [0.25, 0.3) is 5.91 Å². The predicted molar refractivity (Wildman–Crippen MR) is 159 cm³/mol. The molecule has 1 aliphatic heterocycles. The van der Waals surface area contributed by atoms with Crippen molar-refractivity contribution in [1.82, 2.24) is 14.6 Å². The lowest BCUT2D eigenvalue weighted by atomic mass is 9.63. The molecule has 1 saturated heterocycles. The Morgan fingerprint density at radius 2 is 1.73 bits per heavy atom. The number of anilines is 1. The van der Waals surface area contributed by atoms with Crippen LogP contribution in [0.15, 0.2) is 24.3 Å². The van der Waals surface area contributed by atoms with Crippen molar-refractivity contribution < 1.29 is 38.3 Å². The SMILES string of the molecule is BC1(O)OC(B)(CCC)C(O)(O)N(c2cc(CC)c3nc(CP)c(Cc4cccc(C(F)(F)F)c4C)n3n2)C1(B)O. The number of benzene rings is 1. The lowest BCUT2D eigenvalue weighted by Gasteiger charge is -2.62. The summed E-state index contributed by atoms with van der Waals surface area (Å²) in [6.45, 7) is 5.10. The van der Waals surface area contributed by atoms with Crippen molar-refractivity contribution in [2.24, 2.45) is 0 Å². The second-order valence-electron chi connectivity index (χ2n) is 11.1. The number of hydrogen-bond donors (Lipinski definition) is 4. The second-order valence-corrected chi connectivity index (χ2v) is 11.6. The van der Waals surface area contributed by atoms with Gasteiger partial charge in [-0.1, -0.05) is 32.4 Å². The summed E-state index contributed by atoms with van der Waals surface area (Å²) in [5, 5.41) is 50.5. The topological polar surface area (TPSA) is 124 Å². The number of alkyl halides is 3. The molecule has 9 nitrogen and oxygen atoms in total. The van der Waals surface area contributed by atoms with E-state index in [2.05, 4.69) is 14.3 Å². The molecule has 1 aliphatic rings. The number of rotatable bonds is 7. The molecule has 41 heavy (non-hydrogen) atoms. The standard InChI is InChI=1S/C25H35B3F3N4O5P/c1-4-9-21(26)25(38,39)35(23(27,36)24(28,37)40-21)19-11-14(5-2)20-32-17(12-41)18(34(20)33-19)10-15-7-6-8-16(13(15)3)22(29,30)31/h6-8,11,36-39H,4-5,9-10,12,26-28,41H2,1-3H3. The Bertz CT molecular complexity index is 1470. The van der Waals surface area contributed by atoms with Crippen LogP contribution in [0, 0.1) is 6.92 Å². The van der Waals surface area contributed by atoms with Gasteiger partial charge in [-0.3, -0.25) is 4.90 Å². The van der Waals surface area contributed by atoms with Gasteiger partial charge in [0.05, 0.1) is 17.0 Å². The van der Waals surface area contributed by atoms with Crippen molar-refractivity contribution in [3.63, 3.8) is 0 Å². The number of imidazole rings is 1. The first kappa shape index (κ1) is 31.8. The highest BCUT2D eigenvalue weighted by molar-refractivity contribution is 7.15. The monoisotopic (exact) mass is 592 g/mol. The quantitative estimate of drug-likeness (QED) is 0.169. The highest BCUT2D eigenvalue weighted by Gasteiger charge is 2.67. The number of aryl methyl sites for hydroxylation is 1. The normalized spacial score (nSPS) is 26.6. The van der Waals surface area contributed by atoms with Gasteiger partial charge >= 0.3 is 6.18 Å². The highest BCUT2D eigenvalue weighted by atomic mass is 31.0. The van der Waals surface area contributed by atoms with Gasteiger partial charge in [-0.15, -0.1) is 14.3 Å². The van der Waals surface area contributed by atoms with Crippen molar-refractivity contribution in [3.05, 3.63) is 57.9 Å². The van der Waals surface area contributed by atoms with Crippen molar-refractivity contribution in [3.8, 4) is 0 Å². The molecular weight excluding hydrogens is 557 g/mol. The maximum atomic E-state index is 13.6. The minimum absolute atomic E-state index is 0.0639. The molecule has 4 N–H and O–H groups in total. The van der Waals surface area contributed by atoms with Crippen molar-refractivity contribution in [2.45, 2.75) is 81.5 Å². The third-order valence-corrected chi connectivity index (χ3v) is 8.61. The molecule has 1 fully saturated rings. The van der Waals surface area contributed by atoms with E-state index in [-0.39, 0.29) is 24.2 Å². The molecule has 4 unspecified atom stereocenters. The molecule has 0 aliphatic carbocycles. The zero-order valence-electron chi connectivity index (χ0n) is 24.0. The van der Waals surface area contributed by atoms with Crippen molar-refractivity contribution in [1.29, 1.82) is 0 Å². The summed E-state index contributed by atoms with van der Waals surface area (Å²) in [5.74, 6) is -2.92. The molecule has 3 heterocycles. The van der Waals surface area contributed by atoms with E-state index < -0.39 is 34.5 Å². The summed E-state index contributed by atoms with van der Waals surface area (Å²) in [6.07, 6.45) is -3.04. The second kappa shape index (κ2) is 10.5. The van der Waals surface area contributed by atoms with E-state index in [0.717, 1.165) is 11.0 Å². The van der Waals surface area contributed by atoms with E-state index in [1.54, 1.807) is 12.1 Å². The summed E-state index contributed by atoms with van der Waals surface area (Å²) >= 11 is 0. The number of morpholine rings is 1. The van der Waals surface area contributed by atoms with Crippen LogP contribution in [0.25, 0.3) is 5.65 Å². The fraction of sp³-hybridized carbons (Fsp3) is 0.520. The fourth-order valence-corrected chi connectivity index (χ4v) is 5.99. The molecule has 220 valence electrons. The lowest BCUT2D eigenvalue weighted by Crippen LogP contribution is -2.85. The first-order chi connectivity index (χ1) is 18.9. The third-order valence-electron chi connectivity index (χ3n) is 8.22. The summed E-state index contributed by atoms with van der Waals surface area (Å²) in [4.78, 5) is 5.55. The number of aliphatic hydroxyl groups is 4. The summed E-state index contributed by atoms with van der Waals surface area (Å²) in [5.41, 5.74) is -4.41. The van der Waals surface area contributed by atoms with Crippen LogP contribution in [0.2, 0.25) is 0 Å². The van der Waals surface area contributed by atoms with Crippen LogP contribution in [0.1, 0.15) is 60.3 Å². The number of halogens is 3. The van der Waals surface area contributed by atoms with Gasteiger partial charge in [0.15, 0.2) is 40.7 Å². The number of hydrogen-bond acceptors (Lipinski definition) is 8. The highest BCUT2D eigenvalue weighted by Crippen LogP contribution is 2.46. The molecule has 16 heteroatoms. The van der Waals surface area contributed by atoms with Crippen LogP contribution in [0.3, 0.4) is 0 Å². The Morgan fingerprint density at radius 3 is 2.29 bits per heavy atom. The Morgan fingerprint density at radius 1 is 1.07 bits per heavy atom. The zero-order valence-corrected chi connectivity index (χ0v) is 25.2. The van der Waals surface area contributed by atoms with Crippen LogP contribution in [-0.4, -0.2) is 81.3 Å². The van der Waals surface area contributed by atoms with Crippen LogP contribution < -0.4 is 4.90 Å². The Balaban J connectivity index is 1.98.